The number of alkyl halides is 3. The Balaban J connectivity index is 2.17. The fourth-order valence-electron chi connectivity index (χ4n) is 2.25. The van der Waals surface area contributed by atoms with Crippen molar-refractivity contribution in [2.45, 2.75) is 25.6 Å². The smallest absolute Gasteiger partial charge is 0.355 e. The van der Waals surface area contributed by atoms with Crippen LogP contribution in [0.25, 0.3) is 0 Å². The highest BCUT2D eigenvalue weighted by atomic mass is 35.5. The lowest BCUT2D eigenvalue weighted by Crippen LogP contribution is -2.42. The Labute approximate surface area is 114 Å². The Hall–Kier alpha value is -1.01. The van der Waals surface area contributed by atoms with Crippen LogP contribution >= 0.6 is 11.6 Å². The highest BCUT2D eigenvalue weighted by molar-refractivity contribution is 6.33. The first-order valence-electron chi connectivity index (χ1n) is 6.08. The normalized spacial score (nSPS) is 20.7. The molecule has 0 saturated carbocycles. The van der Waals surface area contributed by atoms with E-state index in [1.54, 1.807) is 17.2 Å². The van der Waals surface area contributed by atoms with E-state index in [0.29, 0.717) is 30.4 Å². The van der Waals surface area contributed by atoms with Crippen molar-refractivity contribution in [3.8, 4) is 0 Å². The number of pyridine rings is 1. The minimum Gasteiger partial charge on any atom is -0.355 e. The van der Waals surface area contributed by atoms with Crippen LogP contribution in [-0.4, -0.2) is 24.2 Å². The molecular formula is C12H15ClF3N3. The first-order valence-corrected chi connectivity index (χ1v) is 6.45. The monoisotopic (exact) mass is 293 g/mol. The van der Waals surface area contributed by atoms with Crippen molar-refractivity contribution >= 4 is 17.4 Å². The minimum absolute atomic E-state index is 0.0851. The van der Waals surface area contributed by atoms with Gasteiger partial charge in [-0.3, -0.25) is 0 Å². The topological polar surface area (TPSA) is 42.1 Å². The number of nitrogens with zero attached hydrogens (tertiary/aromatic N) is 2. The third kappa shape index (κ3) is 3.30. The van der Waals surface area contributed by atoms with Crippen molar-refractivity contribution < 1.29 is 13.2 Å². The maximum absolute atomic E-state index is 12.8. The molecule has 0 amide bonds. The van der Waals surface area contributed by atoms with Gasteiger partial charge in [-0.2, -0.15) is 13.2 Å². The first-order chi connectivity index (χ1) is 8.91. The predicted octanol–water partition coefficient (Wildman–Crippen LogP) is 2.97. The zero-order valence-electron chi connectivity index (χ0n) is 10.3. The van der Waals surface area contributed by atoms with Crippen LogP contribution in [0.1, 0.15) is 18.4 Å². The summed E-state index contributed by atoms with van der Waals surface area (Å²) in [5, 5.41) is 0.353. The van der Waals surface area contributed by atoms with Gasteiger partial charge in [0.25, 0.3) is 0 Å². The number of rotatable bonds is 2. The van der Waals surface area contributed by atoms with Gasteiger partial charge in [-0.05, 0) is 24.5 Å². The standard InChI is InChI=1S/C12H15ClF3N3/c13-10-4-8(5-17)6-18-11(10)19-3-1-2-9(7-19)12(14,15)16/h4,6,9H,1-3,5,7,17H2. The van der Waals surface area contributed by atoms with Gasteiger partial charge in [0, 0.05) is 25.8 Å². The molecule has 2 N–H and O–H groups in total. The molecule has 106 valence electrons. The van der Waals surface area contributed by atoms with Crippen LogP contribution in [0.2, 0.25) is 5.02 Å². The average molecular weight is 294 g/mol. The third-order valence-electron chi connectivity index (χ3n) is 3.30. The van der Waals surface area contributed by atoms with Crippen molar-refractivity contribution in [3.05, 3.63) is 22.8 Å². The van der Waals surface area contributed by atoms with Gasteiger partial charge in [-0.1, -0.05) is 11.6 Å². The molecule has 1 atom stereocenters. The van der Waals surface area contributed by atoms with Crippen LogP contribution in [-0.2, 0) is 6.54 Å². The predicted molar refractivity (Wildman–Crippen MR) is 68.1 cm³/mol. The molecular weight excluding hydrogens is 279 g/mol. The van der Waals surface area contributed by atoms with Gasteiger partial charge in [0.1, 0.15) is 5.82 Å². The summed E-state index contributed by atoms with van der Waals surface area (Å²) >= 11 is 6.06. The number of halogens is 4. The van der Waals surface area contributed by atoms with Gasteiger partial charge in [-0.25, -0.2) is 4.98 Å². The second kappa shape index (κ2) is 5.54. The minimum atomic E-state index is -4.16. The van der Waals surface area contributed by atoms with Crippen molar-refractivity contribution in [2.75, 3.05) is 18.0 Å². The molecule has 0 aliphatic carbocycles. The molecule has 1 saturated heterocycles. The summed E-state index contributed by atoms with van der Waals surface area (Å²) in [6, 6.07) is 1.65. The Morgan fingerprint density at radius 2 is 2.21 bits per heavy atom. The summed E-state index contributed by atoms with van der Waals surface area (Å²) in [7, 11) is 0. The Kier molecular flexibility index (Phi) is 4.20. The highest BCUT2D eigenvalue weighted by Gasteiger charge is 2.42. The van der Waals surface area contributed by atoms with Crippen LogP contribution in [0, 0.1) is 5.92 Å². The summed E-state index contributed by atoms with van der Waals surface area (Å²) in [5.41, 5.74) is 6.23. The van der Waals surface area contributed by atoms with Crippen LogP contribution in [0.3, 0.4) is 0 Å². The fraction of sp³-hybridized carbons (Fsp3) is 0.583. The lowest BCUT2D eigenvalue weighted by Gasteiger charge is -2.34. The van der Waals surface area contributed by atoms with Gasteiger partial charge >= 0.3 is 6.18 Å². The molecule has 1 unspecified atom stereocenters. The number of aromatic nitrogens is 1. The summed E-state index contributed by atoms with van der Waals surface area (Å²) in [6.45, 7) is 0.762. The van der Waals surface area contributed by atoms with E-state index in [9.17, 15) is 13.2 Å². The van der Waals surface area contributed by atoms with Crippen LogP contribution in [0.15, 0.2) is 12.3 Å². The van der Waals surface area contributed by atoms with Crippen molar-refractivity contribution in [1.82, 2.24) is 4.98 Å². The summed E-state index contributed by atoms with van der Waals surface area (Å²) in [6.07, 6.45) is -1.96. The zero-order valence-corrected chi connectivity index (χ0v) is 11.0. The molecule has 2 rings (SSSR count). The molecule has 0 aromatic carbocycles. The van der Waals surface area contributed by atoms with Crippen LogP contribution < -0.4 is 10.6 Å². The van der Waals surface area contributed by atoms with Gasteiger partial charge in [-0.15, -0.1) is 0 Å². The van der Waals surface area contributed by atoms with E-state index in [-0.39, 0.29) is 13.0 Å². The SMILES string of the molecule is NCc1cnc(N2CCCC(C(F)(F)F)C2)c(Cl)c1. The Morgan fingerprint density at radius 1 is 1.47 bits per heavy atom. The van der Waals surface area contributed by atoms with Crippen molar-refractivity contribution in [1.29, 1.82) is 0 Å². The quantitative estimate of drug-likeness (QED) is 0.911. The van der Waals surface area contributed by atoms with Gasteiger partial charge in [0.05, 0.1) is 10.9 Å². The summed E-state index contributed by atoms with van der Waals surface area (Å²) < 4.78 is 38.3. The summed E-state index contributed by atoms with van der Waals surface area (Å²) in [4.78, 5) is 5.74. The van der Waals surface area contributed by atoms with Gasteiger partial charge in [0.2, 0.25) is 0 Å². The molecule has 0 spiro atoms. The molecule has 2 heterocycles. The van der Waals surface area contributed by atoms with E-state index in [4.69, 9.17) is 17.3 Å². The third-order valence-corrected chi connectivity index (χ3v) is 3.58. The average Bonchev–Trinajstić information content (AvgIpc) is 2.37. The second-order valence-electron chi connectivity index (χ2n) is 4.68. The van der Waals surface area contributed by atoms with E-state index in [1.165, 1.54) is 0 Å². The molecule has 1 aliphatic rings. The maximum Gasteiger partial charge on any atom is 0.393 e. The van der Waals surface area contributed by atoms with E-state index in [2.05, 4.69) is 4.98 Å². The largest absolute Gasteiger partial charge is 0.393 e. The van der Waals surface area contributed by atoms with E-state index in [1.807, 2.05) is 0 Å². The van der Waals surface area contributed by atoms with Crippen LogP contribution in [0.4, 0.5) is 19.0 Å². The lowest BCUT2D eigenvalue weighted by molar-refractivity contribution is -0.176. The molecule has 1 fully saturated rings. The second-order valence-corrected chi connectivity index (χ2v) is 5.09. The maximum atomic E-state index is 12.8. The number of piperidine rings is 1. The molecule has 1 aromatic heterocycles. The molecule has 7 heteroatoms. The van der Waals surface area contributed by atoms with E-state index >= 15 is 0 Å². The van der Waals surface area contributed by atoms with Gasteiger partial charge in [0.15, 0.2) is 0 Å². The number of hydrogen-bond acceptors (Lipinski definition) is 3. The zero-order chi connectivity index (χ0) is 14.0. The van der Waals surface area contributed by atoms with Gasteiger partial charge < -0.3 is 10.6 Å². The molecule has 1 aliphatic heterocycles. The summed E-state index contributed by atoms with van der Waals surface area (Å²) in [5.74, 6) is -0.902. The molecule has 3 nitrogen and oxygen atoms in total. The molecule has 0 radical (unpaired) electrons. The fourth-order valence-corrected chi connectivity index (χ4v) is 2.56. The van der Waals surface area contributed by atoms with Crippen molar-refractivity contribution in [3.63, 3.8) is 0 Å². The number of anilines is 1. The Morgan fingerprint density at radius 3 is 2.79 bits per heavy atom. The first kappa shape index (κ1) is 14.4. The number of nitrogens with two attached hydrogens (primary N) is 1. The molecule has 19 heavy (non-hydrogen) atoms. The van der Waals surface area contributed by atoms with Crippen molar-refractivity contribution in [2.24, 2.45) is 11.7 Å². The Bertz CT molecular complexity index is 450. The van der Waals surface area contributed by atoms with Crippen LogP contribution in [0.5, 0.6) is 0 Å². The highest BCUT2D eigenvalue weighted by Crippen LogP contribution is 2.36. The number of hydrogen-bond donors (Lipinski definition) is 1. The van der Waals surface area contributed by atoms with E-state index in [0.717, 1.165) is 5.56 Å². The lowest BCUT2D eigenvalue weighted by atomic mass is 9.97. The molecule has 1 aromatic rings. The van der Waals surface area contributed by atoms with E-state index < -0.39 is 12.1 Å². The molecule has 0 bridgehead atoms.